The molecule has 4 rings (SSSR count). The maximum Gasteiger partial charge on any atom is 0.191 e. The number of hydrogen-bond acceptors (Lipinski definition) is 5. The Balaban J connectivity index is 1.64. The van der Waals surface area contributed by atoms with E-state index in [1.165, 1.54) is 17.8 Å². The van der Waals surface area contributed by atoms with Gasteiger partial charge in [-0.05, 0) is 31.9 Å². The van der Waals surface area contributed by atoms with Gasteiger partial charge in [-0.15, -0.1) is 10.2 Å². The summed E-state index contributed by atoms with van der Waals surface area (Å²) in [5.41, 5.74) is 1.22. The minimum atomic E-state index is -0.297. The first-order valence-electron chi connectivity index (χ1n) is 8.04. The van der Waals surface area contributed by atoms with Crippen molar-refractivity contribution < 1.29 is 9.50 Å². The Hall–Kier alpha value is -1.93. The molecule has 1 aliphatic rings. The number of benzene rings is 1. The van der Waals surface area contributed by atoms with Crippen LogP contribution in [0.1, 0.15) is 37.5 Å². The van der Waals surface area contributed by atoms with Crippen molar-refractivity contribution in [2.75, 3.05) is 0 Å². The van der Waals surface area contributed by atoms with E-state index in [2.05, 4.69) is 15.2 Å². The molecule has 24 heavy (non-hydrogen) atoms. The number of halogens is 1. The van der Waals surface area contributed by atoms with Gasteiger partial charge in [0.1, 0.15) is 17.9 Å². The Morgan fingerprint density at radius 1 is 1.29 bits per heavy atom. The Labute approximate surface area is 142 Å². The van der Waals surface area contributed by atoms with Gasteiger partial charge in [-0.1, -0.05) is 17.8 Å². The predicted molar refractivity (Wildman–Crippen MR) is 89.1 cm³/mol. The number of thioether (sulfide) groups is 1. The molecule has 0 saturated heterocycles. The highest BCUT2D eigenvalue weighted by Gasteiger charge is 2.29. The summed E-state index contributed by atoms with van der Waals surface area (Å²) in [5.74, 6) is 1.71. The van der Waals surface area contributed by atoms with Crippen molar-refractivity contribution in [1.29, 1.82) is 0 Å². The summed E-state index contributed by atoms with van der Waals surface area (Å²) in [6, 6.07) is 5.43. The normalized spacial score (nSPS) is 14.6. The van der Waals surface area contributed by atoms with E-state index in [4.69, 9.17) is 0 Å². The number of fused-ring (bicyclic) bond motifs is 1. The number of aromatic nitrogens is 5. The first-order valence-corrected chi connectivity index (χ1v) is 9.02. The minimum absolute atomic E-state index is 0.108. The summed E-state index contributed by atoms with van der Waals surface area (Å²) in [6.07, 6.45) is 2.19. The Morgan fingerprint density at radius 2 is 2.12 bits per heavy atom. The van der Waals surface area contributed by atoms with E-state index in [9.17, 15) is 9.50 Å². The van der Waals surface area contributed by atoms with Crippen LogP contribution in [0.4, 0.5) is 4.39 Å². The maximum absolute atomic E-state index is 14.0. The second kappa shape index (κ2) is 6.18. The summed E-state index contributed by atoms with van der Waals surface area (Å²) in [4.78, 5) is 4.48. The van der Waals surface area contributed by atoms with Crippen LogP contribution in [0.25, 0.3) is 11.0 Å². The first-order chi connectivity index (χ1) is 11.7. The molecule has 0 aliphatic heterocycles. The van der Waals surface area contributed by atoms with Gasteiger partial charge in [-0.2, -0.15) is 0 Å². The number of rotatable bonds is 6. The third-order valence-corrected chi connectivity index (χ3v) is 5.18. The van der Waals surface area contributed by atoms with E-state index in [1.54, 1.807) is 6.07 Å². The fourth-order valence-corrected chi connectivity index (χ4v) is 3.94. The van der Waals surface area contributed by atoms with Gasteiger partial charge < -0.3 is 14.2 Å². The van der Waals surface area contributed by atoms with Crippen LogP contribution in [0.5, 0.6) is 0 Å². The zero-order valence-corrected chi connectivity index (χ0v) is 14.1. The Kier molecular flexibility index (Phi) is 4.01. The lowest BCUT2D eigenvalue weighted by Gasteiger charge is -2.08. The van der Waals surface area contributed by atoms with Crippen molar-refractivity contribution in [1.82, 2.24) is 24.3 Å². The number of aryl methyl sites for hydroxylation is 1. The molecule has 2 heterocycles. The summed E-state index contributed by atoms with van der Waals surface area (Å²) < 4.78 is 18.0. The van der Waals surface area contributed by atoms with Crippen LogP contribution in [0.2, 0.25) is 0 Å². The van der Waals surface area contributed by atoms with Crippen LogP contribution in [-0.2, 0) is 18.9 Å². The lowest BCUT2D eigenvalue weighted by Crippen LogP contribution is -2.04. The molecule has 0 bridgehead atoms. The van der Waals surface area contributed by atoms with Crippen LogP contribution in [0.15, 0.2) is 23.4 Å². The highest BCUT2D eigenvalue weighted by Crippen LogP contribution is 2.39. The van der Waals surface area contributed by atoms with Crippen molar-refractivity contribution in [3.8, 4) is 0 Å². The monoisotopic (exact) mass is 347 g/mol. The topological polar surface area (TPSA) is 68.8 Å². The minimum Gasteiger partial charge on any atom is -0.388 e. The van der Waals surface area contributed by atoms with E-state index >= 15 is 0 Å². The number of para-hydroxylation sites is 1. The molecule has 1 fully saturated rings. The smallest absolute Gasteiger partial charge is 0.191 e. The molecular weight excluding hydrogens is 329 g/mol. The molecule has 8 heteroatoms. The van der Waals surface area contributed by atoms with Crippen LogP contribution in [0.3, 0.4) is 0 Å². The van der Waals surface area contributed by atoms with Crippen molar-refractivity contribution in [2.45, 2.75) is 49.9 Å². The SMILES string of the molecule is CCn1c(CSc2nnc(CO)n2C2CC2)nc2c(F)cccc21. The van der Waals surface area contributed by atoms with Crippen molar-refractivity contribution >= 4 is 22.8 Å². The molecule has 1 saturated carbocycles. The predicted octanol–water partition coefficient (Wildman–Crippen LogP) is 2.91. The average molecular weight is 347 g/mol. The van der Waals surface area contributed by atoms with Gasteiger partial charge in [0.15, 0.2) is 16.8 Å². The summed E-state index contributed by atoms with van der Waals surface area (Å²) in [6.45, 7) is 2.65. The third-order valence-electron chi connectivity index (χ3n) is 4.24. The largest absolute Gasteiger partial charge is 0.388 e. The fraction of sp³-hybridized carbons (Fsp3) is 0.438. The lowest BCUT2D eigenvalue weighted by molar-refractivity contribution is 0.263. The second-order valence-electron chi connectivity index (χ2n) is 5.83. The molecule has 1 aliphatic carbocycles. The number of imidazole rings is 1. The first kappa shape index (κ1) is 15.6. The number of hydrogen-bond donors (Lipinski definition) is 1. The van der Waals surface area contributed by atoms with Crippen molar-refractivity contribution in [3.05, 3.63) is 35.7 Å². The number of nitrogens with zero attached hydrogens (tertiary/aromatic N) is 5. The van der Waals surface area contributed by atoms with Gasteiger partial charge in [0, 0.05) is 12.6 Å². The molecule has 0 amide bonds. The summed E-state index contributed by atoms with van der Waals surface area (Å²) >= 11 is 1.53. The van der Waals surface area contributed by atoms with Crippen LogP contribution < -0.4 is 0 Å². The molecule has 0 unspecified atom stereocenters. The molecule has 3 aromatic rings. The van der Waals surface area contributed by atoms with Crippen LogP contribution in [0, 0.1) is 5.82 Å². The van der Waals surface area contributed by atoms with E-state index in [0.29, 0.717) is 23.1 Å². The van der Waals surface area contributed by atoms with Crippen molar-refractivity contribution in [2.24, 2.45) is 0 Å². The second-order valence-corrected chi connectivity index (χ2v) is 6.77. The molecule has 1 N–H and O–H groups in total. The van der Waals surface area contributed by atoms with Gasteiger partial charge in [0.2, 0.25) is 0 Å². The van der Waals surface area contributed by atoms with Crippen LogP contribution in [-0.4, -0.2) is 29.4 Å². The van der Waals surface area contributed by atoms with E-state index in [1.807, 2.05) is 22.1 Å². The number of aliphatic hydroxyl groups is 1. The lowest BCUT2D eigenvalue weighted by atomic mass is 10.3. The standard InChI is InChI=1S/C16H18FN5OS/c1-2-21-12-5-3-4-11(17)15(12)18-14(21)9-24-16-20-19-13(8-23)22(16)10-6-7-10/h3-5,10,23H,2,6-9H2,1H3. The zero-order valence-electron chi connectivity index (χ0n) is 13.3. The molecule has 2 aromatic heterocycles. The molecule has 6 nitrogen and oxygen atoms in total. The van der Waals surface area contributed by atoms with Gasteiger partial charge >= 0.3 is 0 Å². The highest BCUT2D eigenvalue weighted by molar-refractivity contribution is 7.98. The zero-order chi connectivity index (χ0) is 16.7. The highest BCUT2D eigenvalue weighted by atomic mass is 32.2. The Morgan fingerprint density at radius 3 is 2.83 bits per heavy atom. The van der Waals surface area contributed by atoms with Crippen LogP contribution >= 0.6 is 11.8 Å². The Bertz CT molecular complexity index is 886. The third kappa shape index (κ3) is 2.59. The summed E-state index contributed by atoms with van der Waals surface area (Å²) in [5, 5.41) is 18.5. The van der Waals surface area contributed by atoms with Gasteiger partial charge in [0.25, 0.3) is 0 Å². The number of aliphatic hydroxyl groups excluding tert-OH is 1. The molecule has 0 spiro atoms. The average Bonchev–Trinajstić information content (AvgIpc) is 3.23. The van der Waals surface area contributed by atoms with Gasteiger partial charge in [-0.3, -0.25) is 0 Å². The fourth-order valence-electron chi connectivity index (χ4n) is 2.97. The van der Waals surface area contributed by atoms with E-state index in [-0.39, 0.29) is 12.4 Å². The van der Waals surface area contributed by atoms with E-state index < -0.39 is 0 Å². The van der Waals surface area contributed by atoms with Crippen molar-refractivity contribution in [3.63, 3.8) is 0 Å². The molecule has 1 aromatic carbocycles. The quantitative estimate of drug-likeness (QED) is 0.695. The molecule has 126 valence electrons. The maximum atomic E-state index is 14.0. The van der Waals surface area contributed by atoms with E-state index in [0.717, 1.165) is 35.9 Å². The summed E-state index contributed by atoms with van der Waals surface area (Å²) in [7, 11) is 0. The van der Waals surface area contributed by atoms with Gasteiger partial charge in [-0.25, -0.2) is 9.37 Å². The molecular formula is C16H18FN5OS. The molecule has 0 atom stereocenters. The van der Waals surface area contributed by atoms with Gasteiger partial charge in [0.05, 0.1) is 11.3 Å². The molecule has 0 radical (unpaired) electrons.